The molecule has 0 saturated carbocycles. The van der Waals surface area contributed by atoms with E-state index in [9.17, 15) is 18.0 Å². The summed E-state index contributed by atoms with van der Waals surface area (Å²) in [6.07, 6.45) is -2.67. The van der Waals surface area contributed by atoms with Crippen LogP contribution in [0.15, 0.2) is 30.5 Å². The highest BCUT2D eigenvalue weighted by Crippen LogP contribution is 2.39. The highest BCUT2D eigenvalue weighted by molar-refractivity contribution is 5.94. The summed E-state index contributed by atoms with van der Waals surface area (Å²) in [5.74, 6) is -0.0745. The minimum atomic E-state index is -4.40. The number of rotatable bonds is 2. The van der Waals surface area contributed by atoms with Crippen LogP contribution in [0.4, 0.5) is 19.0 Å². The van der Waals surface area contributed by atoms with Crippen molar-refractivity contribution in [3.8, 4) is 0 Å². The van der Waals surface area contributed by atoms with E-state index < -0.39 is 17.7 Å². The van der Waals surface area contributed by atoms with Crippen molar-refractivity contribution in [2.24, 2.45) is 0 Å². The Labute approximate surface area is 131 Å². The third-order valence-corrected chi connectivity index (χ3v) is 3.95. The van der Waals surface area contributed by atoms with Gasteiger partial charge in [-0.25, -0.2) is 4.68 Å². The maximum atomic E-state index is 12.9. The molecular weight excluding hydrogens is 307 g/mol. The maximum Gasteiger partial charge on any atom is 0.416 e. The number of hydrogen-bond acceptors (Lipinski definition) is 2. The molecule has 4 nitrogen and oxygen atoms in total. The van der Waals surface area contributed by atoms with Crippen LogP contribution >= 0.6 is 0 Å². The zero-order valence-electron chi connectivity index (χ0n) is 12.7. The number of hydrogen-bond donors (Lipinski definition) is 1. The molecule has 122 valence electrons. The molecule has 1 aliphatic heterocycles. The average Bonchev–Trinajstić information content (AvgIpc) is 2.89. The number of anilines is 1. The number of amides is 1. The summed E-state index contributed by atoms with van der Waals surface area (Å²) in [6.45, 7) is 3.85. The molecule has 7 heteroatoms. The zero-order valence-corrected chi connectivity index (χ0v) is 12.7. The molecule has 1 atom stereocenters. The van der Waals surface area contributed by atoms with Crippen LogP contribution in [0.25, 0.3) is 0 Å². The number of carbonyl (C=O) groups excluding carboxylic acids is 1. The topological polar surface area (TPSA) is 46.9 Å². The first-order valence-corrected chi connectivity index (χ1v) is 7.31. The van der Waals surface area contributed by atoms with Crippen LogP contribution in [0.5, 0.6) is 0 Å². The van der Waals surface area contributed by atoms with Crippen LogP contribution in [0.2, 0.25) is 0 Å². The molecule has 0 spiro atoms. The molecule has 1 aromatic carbocycles. The molecule has 3 rings (SSSR count). The predicted molar refractivity (Wildman–Crippen MR) is 79.1 cm³/mol. The number of nitrogens with one attached hydrogen (secondary N) is 1. The van der Waals surface area contributed by atoms with Crippen LogP contribution in [0.3, 0.4) is 0 Å². The Balaban J connectivity index is 2.07. The van der Waals surface area contributed by atoms with Gasteiger partial charge >= 0.3 is 6.18 Å². The van der Waals surface area contributed by atoms with Gasteiger partial charge in [-0.05, 0) is 25.5 Å². The third-order valence-electron chi connectivity index (χ3n) is 3.95. The minimum absolute atomic E-state index is 0.0410. The van der Waals surface area contributed by atoms with Gasteiger partial charge in [0.05, 0.1) is 11.8 Å². The van der Waals surface area contributed by atoms with Gasteiger partial charge in [0, 0.05) is 23.9 Å². The molecule has 0 radical (unpaired) electrons. The molecule has 1 N–H and O–H groups in total. The van der Waals surface area contributed by atoms with Crippen molar-refractivity contribution in [2.75, 3.05) is 5.32 Å². The number of nitrogens with zero attached hydrogens (tertiary/aromatic N) is 2. The van der Waals surface area contributed by atoms with Crippen LogP contribution in [-0.2, 0) is 11.0 Å². The maximum absolute atomic E-state index is 12.9. The Hall–Kier alpha value is -2.31. The SMILES string of the molecule is CC(C)n1ncc2c1NC(=O)C[C@H]2c1cccc(C(F)(F)F)c1. The van der Waals surface area contributed by atoms with Gasteiger partial charge in [-0.1, -0.05) is 18.2 Å². The van der Waals surface area contributed by atoms with E-state index in [1.807, 2.05) is 13.8 Å². The number of halogens is 3. The lowest BCUT2D eigenvalue weighted by Crippen LogP contribution is -2.25. The summed E-state index contributed by atoms with van der Waals surface area (Å²) in [7, 11) is 0. The molecule has 1 aliphatic rings. The average molecular weight is 323 g/mol. The van der Waals surface area contributed by atoms with Gasteiger partial charge in [0.15, 0.2) is 0 Å². The fourth-order valence-electron chi connectivity index (χ4n) is 2.86. The second kappa shape index (κ2) is 5.40. The van der Waals surface area contributed by atoms with Gasteiger partial charge in [-0.15, -0.1) is 0 Å². The Bertz CT molecular complexity index is 749. The van der Waals surface area contributed by atoms with Crippen molar-refractivity contribution < 1.29 is 18.0 Å². The second-order valence-corrected chi connectivity index (χ2v) is 5.91. The number of carbonyl (C=O) groups is 1. The summed E-state index contributed by atoms with van der Waals surface area (Å²) in [5, 5.41) is 7.03. The van der Waals surface area contributed by atoms with Gasteiger partial charge < -0.3 is 5.32 Å². The van der Waals surface area contributed by atoms with Crippen molar-refractivity contribution >= 4 is 11.7 Å². The molecule has 0 unspecified atom stereocenters. The van der Waals surface area contributed by atoms with Crippen molar-refractivity contribution in [3.63, 3.8) is 0 Å². The van der Waals surface area contributed by atoms with Gasteiger partial charge in [0.1, 0.15) is 5.82 Å². The molecule has 0 saturated heterocycles. The first kappa shape index (κ1) is 15.6. The normalized spacial score (nSPS) is 18.0. The largest absolute Gasteiger partial charge is 0.416 e. The van der Waals surface area contributed by atoms with E-state index in [2.05, 4.69) is 10.4 Å². The summed E-state index contributed by atoms with van der Waals surface area (Å²) in [4.78, 5) is 12.0. The molecule has 0 fully saturated rings. The Morgan fingerprint density at radius 3 is 2.74 bits per heavy atom. The van der Waals surface area contributed by atoms with Crippen molar-refractivity contribution in [3.05, 3.63) is 47.2 Å². The van der Waals surface area contributed by atoms with E-state index >= 15 is 0 Å². The van der Waals surface area contributed by atoms with E-state index in [0.717, 1.165) is 17.7 Å². The lowest BCUT2D eigenvalue weighted by Gasteiger charge is -2.25. The quantitative estimate of drug-likeness (QED) is 0.909. The number of aromatic nitrogens is 2. The second-order valence-electron chi connectivity index (χ2n) is 5.91. The predicted octanol–water partition coefficient (Wildman–Crippen LogP) is 3.96. The van der Waals surface area contributed by atoms with Gasteiger partial charge in [-0.3, -0.25) is 4.79 Å². The molecule has 2 aromatic rings. The lowest BCUT2D eigenvalue weighted by atomic mass is 9.86. The molecule has 0 aliphatic carbocycles. The van der Waals surface area contributed by atoms with E-state index in [0.29, 0.717) is 11.4 Å². The summed E-state index contributed by atoms with van der Waals surface area (Å²) in [6, 6.07) is 5.18. The molecule has 23 heavy (non-hydrogen) atoms. The highest BCUT2D eigenvalue weighted by Gasteiger charge is 2.34. The first-order valence-electron chi connectivity index (χ1n) is 7.31. The molecule has 1 aromatic heterocycles. The Kier molecular flexibility index (Phi) is 3.66. The minimum Gasteiger partial charge on any atom is -0.311 e. The van der Waals surface area contributed by atoms with Crippen LogP contribution in [0.1, 0.15) is 48.9 Å². The molecular formula is C16H16F3N3O. The number of benzene rings is 1. The number of fused-ring (bicyclic) bond motifs is 1. The Morgan fingerprint density at radius 1 is 1.35 bits per heavy atom. The van der Waals surface area contributed by atoms with Crippen LogP contribution < -0.4 is 5.32 Å². The fraction of sp³-hybridized carbons (Fsp3) is 0.375. The standard InChI is InChI=1S/C16H16F3N3O/c1-9(2)22-15-13(8-20-22)12(7-14(23)21-15)10-4-3-5-11(6-10)16(17,18)19/h3-6,8-9,12H,7H2,1-2H3,(H,21,23)/t12-/m0/s1. The van der Waals surface area contributed by atoms with E-state index in [1.54, 1.807) is 16.9 Å². The van der Waals surface area contributed by atoms with E-state index in [-0.39, 0.29) is 18.4 Å². The summed E-state index contributed by atoms with van der Waals surface area (Å²) >= 11 is 0. The van der Waals surface area contributed by atoms with E-state index in [1.165, 1.54) is 6.07 Å². The summed E-state index contributed by atoms with van der Waals surface area (Å²) in [5.41, 5.74) is 0.510. The molecule has 2 heterocycles. The number of alkyl halides is 3. The molecule has 1 amide bonds. The van der Waals surface area contributed by atoms with E-state index in [4.69, 9.17) is 0 Å². The Morgan fingerprint density at radius 2 is 2.09 bits per heavy atom. The monoisotopic (exact) mass is 323 g/mol. The van der Waals surface area contributed by atoms with Gasteiger partial charge in [0.2, 0.25) is 5.91 Å². The van der Waals surface area contributed by atoms with Gasteiger partial charge in [-0.2, -0.15) is 18.3 Å². The van der Waals surface area contributed by atoms with Crippen molar-refractivity contribution in [2.45, 2.75) is 38.4 Å². The van der Waals surface area contributed by atoms with Crippen LogP contribution in [-0.4, -0.2) is 15.7 Å². The van der Waals surface area contributed by atoms with Crippen LogP contribution in [0, 0.1) is 0 Å². The lowest BCUT2D eigenvalue weighted by molar-refractivity contribution is -0.137. The van der Waals surface area contributed by atoms with Crippen molar-refractivity contribution in [1.29, 1.82) is 0 Å². The van der Waals surface area contributed by atoms with Gasteiger partial charge in [0.25, 0.3) is 0 Å². The summed E-state index contributed by atoms with van der Waals surface area (Å²) < 4.78 is 40.4. The van der Waals surface area contributed by atoms with Crippen molar-refractivity contribution in [1.82, 2.24) is 9.78 Å². The highest BCUT2D eigenvalue weighted by atomic mass is 19.4. The molecule has 0 bridgehead atoms. The smallest absolute Gasteiger partial charge is 0.311 e. The first-order chi connectivity index (χ1) is 10.8. The zero-order chi connectivity index (χ0) is 16.8. The third kappa shape index (κ3) is 2.83. The fourth-order valence-corrected chi connectivity index (χ4v) is 2.86.